The number of carbonyl (C=O) groups excluding carboxylic acids is 1. The van der Waals surface area contributed by atoms with Crippen molar-refractivity contribution >= 4 is 5.91 Å². The van der Waals surface area contributed by atoms with Crippen molar-refractivity contribution in [2.75, 3.05) is 26.7 Å². The second-order valence-corrected chi connectivity index (χ2v) is 5.70. The average Bonchev–Trinajstić information content (AvgIpc) is 2.98. The molecule has 1 saturated carbocycles. The van der Waals surface area contributed by atoms with Crippen LogP contribution in [0.5, 0.6) is 5.75 Å². The Kier molecular flexibility index (Phi) is 5.17. The van der Waals surface area contributed by atoms with Crippen molar-refractivity contribution < 1.29 is 13.9 Å². The Balaban J connectivity index is 1.85. The van der Waals surface area contributed by atoms with Crippen LogP contribution in [0, 0.1) is 11.2 Å². The average molecular weight is 294 g/mol. The van der Waals surface area contributed by atoms with E-state index in [1.54, 1.807) is 30.1 Å². The summed E-state index contributed by atoms with van der Waals surface area (Å²) in [4.78, 5) is 14.2. The number of likely N-dealkylation sites (N-methyl/N-ethyl adjacent to an activating group) is 1. The Bertz CT molecular complexity index is 487. The number of amides is 1. The van der Waals surface area contributed by atoms with Crippen LogP contribution in [0.3, 0.4) is 0 Å². The van der Waals surface area contributed by atoms with E-state index in [0.717, 1.165) is 25.7 Å². The van der Waals surface area contributed by atoms with Crippen LogP contribution in [-0.4, -0.2) is 37.6 Å². The van der Waals surface area contributed by atoms with E-state index >= 15 is 0 Å². The molecule has 1 aromatic carbocycles. The highest BCUT2D eigenvalue weighted by Gasteiger charge is 2.41. The highest BCUT2D eigenvalue weighted by molar-refractivity contribution is 5.83. The first-order valence-electron chi connectivity index (χ1n) is 7.42. The van der Waals surface area contributed by atoms with E-state index in [9.17, 15) is 9.18 Å². The minimum atomic E-state index is -0.396. The van der Waals surface area contributed by atoms with Crippen molar-refractivity contribution in [2.24, 2.45) is 11.1 Å². The summed E-state index contributed by atoms with van der Waals surface area (Å²) in [5.74, 6) is -0.0897. The van der Waals surface area contributed by atoms with Crippen LogP contribution < -0.4 is 10.5 Å². The molecule has 0 aliphatic heterocycles. The maximum absolute atomic E-state index is 13.4. The smallest absolute Gasteiger partial charge is 0.229 e. The van der Waals surface area contributed by atoms with Gasteiger partial charge in [0.15, 0.2) is 11.6 Å². The molecule has 1 fully saturated rings. The van der Waals surface area contributed by atoms with Crippen LogP contribution >= 0.6 is 0 Å². The van der Waals surface area contributed by atoms with Gasteiger partial charge in [-0.2, -0.15) is 0 Å². The fourth-order valence-electron chi connectivity index (χ4n) is 2.92. The van der Waals surface area contributed by atoms with Gasteiger partial charge in [-0.1, -0.05) is 25.0 Å². The molecular weight excluding hydrogens is 271 g/mol. The molecule has 1 aromatic rings. The third-order valence-electron chi connectivity index (χ3n) is 4.27. The van der Waals surface area contributed by atoms with E-state index in [4.69, 9.17) is 10.5 Å². The van der Waals surface area contributed by atoms with Gasteiger partial charge < -0.3 is 15.4 Å². The number of ether oxygens (including phenoxy) is 1. The van der Waals surface area contributed by atoms with Gasteiger partial charge >= 0.3 is 0 Å². The Morgan fingerprint density at radius 1 is 1.38 bits per heavy atom. The zero-order valence-electron chi connectivity index (χ0n) is 12.5. The first-order valence-corrected chi connectivity index (χ1v) is 7.42. The summed E-state index contributed by atoms with van der Waals surface area (Å²) in [6.45, 7) is 1.09. The molecule has 0 atom stereocenters. The van der Waals surface area contributed by atoms with Crippen molar-refractivity contribution in [3.63, 3.8) is 0 Å². The summed E-state index contributed by atoms with van der Waals surface area (Å²) < 4.78 is 18.8. The number of halogens is 1. The summed E-state index contributed by atoms with van der Waals surface area (Å²) in [5, 5.41) is 0. The molecule has 116 valence electrons. The highest BCUT2D eigenvalue weighted by atomic mass is 19.1. The maximum atomic E-state index is 13.4. The number of hydrogen-bond acceptors (Lipinski definition) is 3. The second kappa shape index (κ2) is 6.89. The van der Waals surface area contributed by atoms with Crippen molar-refractivity contribution in [3.8, 4) is 5.75 Å². The minimum absolute atomic E-state index is 0.0830. The van der Waals surface area contributed by atoms with Crippen LogP contribution in [-0.2, 0) is 4.79 Å². The number of nitrogens with two attached hydrogens (primary N) is 1. The third-order valence-corrected chi connectivity index (χ3v) is 4.27. The zero-order chi connectivity index (χ0) is 15.3. The van der Waals surface area contributed by atoms with E-state index in [1.807, 2.05) is 0 Å². The fraction of sp³-hybridized carbons (Fsp3) is 0.562. The molecule has 0 spiro atoms. The third kappa shape index (κ3) is 3.53. The highest BCUT2D eigenvalue weighted by Crippen LogP contribution is 2.38. The second-order valence-electron chi connectivity index (χ2n) is 5.70. The van der Waals surface area contributed by atoms with Crippen molar-refractivity contribution in [1.82, 2.24) is 4.90 Å². The molecule has 21 heavy (non-hydrogen) atoms. The van der Waals surface area contributed by atoms with Gasteiger partial charge in [0.2, 0.25) is 5.91 Å². The van der Waals surface area contributed by atoms with Gasteiger partial charge in [0.1, 0.15) is 6.61 Å². The first-order chi connectivity index (χ1) is 10.1. The van der Waals surface area contributed by atoms with E-state index in [0.29, 0.717) is 13.1 Å². The van der Waals surface area contributed by atoms with Gasteiger partial charge in [-0.25, -0.2) is 4.39 Å². The van der Waals surface area contributed by atoms with E-state index in [2.05, 4.69) is 0 Å². The minimum Gasteiger partial charge on any atom is -0.489 e. The van der Waals surface area contributed by atoms with Crippen LogP contribution in [0.15, 0.2) is 24.3 Å². The molecular formula is C16H23FN2O2. The van der Waals surface area contributed by atoms with E-state index in [1.165, 1.54) is 6.07 Å². The number of carbonyl (C=O) groups is 1. The van der Waals surface area contributed by atoms with Crippen LogP contribution in [0.4, 0.5) is 4.39 Å². The Labute approximate surface area is 125 Å². The molecule has 0 heterocycles. The van der Waals surface area contributed by atoms with Crippen molar-refractivity contribution in [3.05, 3.63) is 30.1 Å². The molecule has 2 N–H and O–H groups in total. The molecule has 0 aromatic heterocycles. The monoisotopic (exact) mass is 294 g/mol. The molecule has 1 aliphatic carbocycles. The lowest BCUT2D eigenvalue weighted by atomic mass is 9.85. The van der Waals surface area contributed by atoms with Crippen LogP contribution in [0.1, 0.15) is 25.7 Å². The SMILES string of the molecule is CN(CCOc1ccccc1F)C(=O)C1(CN)CCCC1. The van der Waals surface area contributed by atoms with Gasteiger partial charge in [0, 0.05) is 13.6 Å². The van der Waals surface area contributed by atoms with E-state index < -0.39 is 5.41 Å². The summed E-state index contributed by atoms with van der Waals surface area (Å²) in [5.41, 5.74) is 5.42. The molecule has 0 unspecified atom stereocenters. The van der Waals surface area contributed by atoms with Crippen molar-refractivity contribution in [2.45, 2.75) is 25.7 Å². The lowest BCUT2D eigenvalue weighted by molar-refractivity contribution is -0.140. The Morgan fingerprint density at radius 2 is 2.05 bits per heavy atom. The molecule has 4 nitrogen and oxygen atoms in total. The molecule has 0 radical (unpaired) electrons. The fourth-order valence-corrected chi connectivity index (χ4v) is 2.92. The summed E-state index contributed by atoms with van der Waals surface area (Å²) in [6.07, 6.45) is 3.84. The van der Waals surface area contributed by atoms with Gasteiger partial charge in [0.05, 0.1) is 12.0 Å². The van der Waals surface area contributed by atoms with Crippen LogP contribution in [0.2, 0.25) is 0 Å². The van der Waals surface area contributed by atoms with Gasteiger partial charge in [-0.3, -0.25) is 4.79 Å². The summed E-state index contributed by atoms with van der Waals surface area (Å²) in [7, 11) is 1.75. The quantitative estimate of drug-likeness (QED) is 0.875. The van der Waals surface area contributed by atoms with Crippen molar-refractivity contribution in [1.29, 1.82) is 0 Å². The Morgan fingerprint density at radius 3 is 2.67 bits per heavy atom. The normalized spacial score (nSPS) is 16.7. The molecule has 1 amide bonds. The molecule has 0 bridgehead atoms. The maximum Gasteiger partial charge on any atom is 0.229 e. The number of hydrogen-bond donors (Lipinski definition) is 1. The lowest BCUT2D eigenvalue weighted by Crippen LogP contribution is -2.46. The van der Waals surface area contributed by atoms with Crippen LogP contribution in [0.25, 0.3) is 0 Å². The number of nitrogens with zero attached hydrogens (tertiary/aromatic N) is 1. The number of para-hydroxylation sites is 1. The largest absolute Gasteiger partial charge is 0.489 e. The topological polar surface area (TPSA) is 55.6 Å². The number of benzene rings is 1. The first kappa shape index (κ1) is 15.8. The van der Waals surface area contributed by atoms with E-state index in [-0.39, 0.29) is 24.1 Å². The van der Waals surface area contributed by atoms with Gasteiger partial charge in [-0.15, -0.1) is 0 Å². The lowest BCUT2D eigenvalue weighted by Gasteiger charge is -2.31. The van der Waals surface area contributed by atoms with Gasteiger partial charge in [-0.05, 0) is 25.0 Å². The molecule has 5 heteroatoms. The molecule has 0 saturated heterocycles. The predicted molar refractivity (Wildman–Crippen MR) is 79.5 cm³/mol. The summed E-state index contributed by atoms with van der Waals surface area (Å²) >= 11 is 0. The predicted octanol–water partition coefficient (Wildman–Crippen LogP) is 2.18. The molecule has 1 aliphatic rings. The zero-order valence-corrected chi connectivity index (χ0v) is 12.5. The van der Waals surface area contributed by atoms with Gasteiger partial charge in [0.25, 0.3) is 0 Å². The molecule has 2 rings (SSSR count). The number of rotatable bonds is 6. The standard InChI is InChI=1S/C16H23FN2O2/c1-19(15(20)16(12-18)8-4-5-9-16)10-11-21-14-7-3-2-6-13(14)17/h2-3,6-7H,4-5,8-12,18H2,1H3. The Hall–Kier alpha value is -1.62. The summed E-state index contributed by atoms with van der Waals surface area (Å²) in [6, 6.07) is 6.26.